The lowest BCUT2D eigenvalue weighted by Crippen LogP contribution is -2.16. The number of rotatable bonds is 4. The van der Waals surface area contributed by atoms with E-state index in [0.717, 1.165) is 17.1 Å². The number of aliphatic hydroxyl groups excluding tert-OH is 1. The molecule has 1 aliphatic heterocycles. The summed E-state index contributed by atoms with van der Waals surface area (Å²) in [7, 11) is 0. The van der Waals surface area contributed by atoms with Crippen LogP contribution in [0.4, 0.5) is 0 Å². The Hall–Kier alpha value is -1.42. The van der Waals surface area contributed by atoms with Crippen LogP contribution in [0.2, 0.25) is 0 Å². The molecule has 4 heteroatoms. The van der Waals surface area contributed by atoms with Crippen LogP contribution in [0.1, 0.15) is 18.9 Å². The molecule has 0 saturated heterocycles. The summed E-state index contributed by atoms with van der Waals surface area (Å²) in [6.07, 6.45) is 0.258. The molecule has 0 unspecified atom stereocenters. The summed E-state index contributed by atoms with van der Waals surface area (Å²) >= 11 is 0. The first kappa shape index (κ1) is 11.1. The van der Waals surface area contributed by atoms with E-state index in [1.807, 2.05) is 19.9 Å². The van der Waals surface area contributed by atoms with Gasteiger partial charge in [0.2, 0.25) is 6.79 Å². The van der Waals surface area contributed by atoms with Crippen molar-refractivity contribution in [2.75, 3.05) is 13.4 Å². The molecular weight excluding hydrogens is 208 g/mol. The maximum absolute atomic E-state index is 9.42. The highest BCUT2D eigenvalue weighted by atomic mass is 16.7. The number of fused-ring (bicyclic) bond motifs is 1. The lowest BCUT2D eigenvalue weighted by Gasteiger charge is -2.12. The first-order chi connectivity index (χ1) is 7.70. The maximum Gasteiger partial charge on any atom is 0.231 e. The molecule has 0 fully saturated rings. The zero-order chi connectivity index (χ0) is 11.5. The first-order valence-corrected chi connectivity index (χ1v) is 5.41. The summed E-state index contributed by atoms with van der Waals surface area (Å²) in [5.41, 5.74) is 0.979. The van der Waals surface area contributed by atoms with Gasteiger partial charge in [-0.25, -0.2) is 0 Å². The van der Waals surface area contributed by atoms with E-state index in [4.69, 9.17) is 14.2 Å². The van der Waals surface area contributed by atoms with Crippen molar-refractivity contribution in [1.82, 2.24) is 0 Å². The van der Waals surface area contributed by atoms with E-state index >= 15 is 0 Å². The Morgan fingerprint density at radius 1 is 1.38 bits per heavy atom. The molecule has 1 aromatic carbocycles. The number of hydrogen-bond acceptors (Lipinski definition) is 4. The van der Waals surface area contributed by atoms with E-state index in [0.29, 0.717) is 18.8 Å². The van der Waals surface area contributed by atoms with E-state index in [1.165, 1.54) is 0 Å². The van der Waals surface area contributed by atoms with Crippen LogP contribution in [-0.2, 0) is 0 Å². The lowest BCUT2D eigenvalue weighted by atomic mass is 10.2. The van der Waals surface area contributed by atoms with Crippen molar-refractivity contribution in [3.8, 4) is 17.2 Å². The van der Waals surface area contributed by atoms with Gasteiger partial charge in [0.25, 0.3) is 0 Å². The molecule has 16 heavy (non-hydrogen) atoms. The average Bonchev–Trinajstić information content (AvgIpc) is 2.72. The molecule has 0 bridgehead atoms. The summed E-state index contributed by atoms with van der Waals surface area (Å²) < 4.78 is 16.0. The van der Waals surface area contributed by atoms with Crippen LogP contribution >= 0.6 is 0 Å². The monoisotopic (exact) mass is 224 g/mol. The van der Waals surface area contributed by atoms with Gasteiger partial charge in [-0.2, -0.15) is 0 Å². The van der Waals surface area contributed by atoms with Gasteiger partial charge in [-0.15, -0.1) is 0 Å². The van der Waals surface area contributed by atoms with Crippen molar-refractivity contribution >= 4 is 0 Å². The second-order valence-corrected chi connectivity index (χ2v) is 3.84. The molecule has 88 valence electrons. The fourth-order valence-corrected chi connectivity index (χ4v) is 1.48. The van der Waals surface area contributed by atoms with Crippen LogP contribution in [0, 0.1) is 6.92 Å². The smallest absolute Gasteiger partial charge is 0.231 e. The van der Waals surface area contributed by atoms with E-state index in [9.17, 15) is 5.11 Å². The summed E-state index contributed by atoms with van der Waals surface area (Å²) in [6.45, 7) is 4.42. The SMILES string of the molecule is CC[C@@H](O)COc1cc2c(cc1C)OCO2. The first-order valence-electron chi connectivity index (χ1n) is 5.41. The van der Waals surface area contributed by atoms with Crippen LogP contribution in [0.3, 0.4) is 0 Å². The Balaban J connectivity index is 2.09. The standard InChI is InChI=1S/C12H16O4/c1-3-9(13)6-14-10-5-12-11(4-8(10)2)15-7-16-12/h4-5,9,13H,3,6-7H2,1-2H3/t9-/m1/s1. The zero-order valence-corrected chi connectivity index (χ0v) is 9.53. The van der Waals surface area contributed by atoms with Crippen molar-refractivity contribution in [3.05, 3.63) is 17.7 Å². The molecule has 4 nitrogen and oxygen atoms in total. The highest BCUT2D eigenvalue weighted by Crippen LogP contribution is 2.37. The molecule has 0 saturated carbocycles. The molecule has 2 rings (SSSR count). The van der Waals surface area contributed by atoms with Gasteiger partial charge in [0.05, 0.1) is 6.10 Å². The van der Waals surface area contributed by atoms with Crippen LogP contribution < -0.4 is 14.2 Å². The minimum absolute atomic E-state index is 0.260. The quantitative estimate of drug-likeness (QED) is 0.848. The van der Waals surface area contributed by atoms with Gasteiger partial charge in [0.1, 0.15) is 12.4 Å². The van der Waals surface area contributed by atoms with Crippen molar-refractivity contribution in [2.24, 2.45) is 0 Å². The molecule has 1 heterocycles. The Morgan fingerprint density at radius 3 is 2.75 bits per heavy atom. The van der Waals surface area contributed by atoms with E-state index in [-0.39, 0.29) is 6.79 Å². The Morgan fingerprint density at radius 2 is 2.06 bits per heavy atom. The van der Waals surface area contributed by atoms with Crippen LogP contribution in [0.5, 0.6) is 17.2 Å². The lowest BCUT2D eigenvalue weighted by molar-refractivity contribution is 0.104. The maximum atomic E-state index is 9.42. The number of hydrogen-bond donors (Lipinski definition) is 1. The molecular formula is C12H16O4. The zero-order valence-electron chi connectivity index (χ0n) is 9.53. The summed E-state index contributed by atoms with van der Waals surface area (Å²) in [4.78, 5) is 0. The third kappa shape index (κ3) is 2.22. The van der Waals surface area contributed by atoms with Gasteiger partial charge in [-0.05, 0) is 25.0 Å². The topological polar surface area (TPSA) is 47.9 Å². The fourth-order valence-electron chi connectivity index (χ4n) is 1.48. The summed E-state index contributed by atoms with van der Waals surface area (Å²) in [5, 5.41) is 9.42. The molecule has 0 aliphatic carbocycles. The van der Waals surface area contributed by atoms with Gasteiger partial charge < -0.3 is 19.3 Å². The third-order valence-electron chi connectivity index (χ3n) is 2.57. The van der Waals surface area contributed by atoms with E-state index in [2.05, 4.69) is 0 Å². The van der Waals surface area contributed by atoms with E-state index < -0.39 is 6.10 Å². The van der Waals surface area contributed by atoms with Gasteiger partial charge in [0, 0.05) is 6.07 Å². The minimum atomic E-state index is -0.426. The van der Waals surface area contributed by atoms with Crippen LogP contribution in [0.25, 0.3) is 0 Å². The molecule has 0 spiro atoms. The molecule has 0 aromatic heterocycles. The second kappa shape index (κ2) is 4.61. The van der Waals surface area contributed by atoms with Crippen molar-refractivity contribution in [3.63, 3.8) is 0 Å². The van der Waals surface area contributed by atoms with Crippen LogP contribution in [-0.4, -0.2) is 24.6 Å². The largest absolute Gasteiger partial charge is 0.490 e. The third-order valence-corrected chi connectivity index (χ3v) is 2.57. The van der Waals surface area contributed by atoms with Crippen molar-refractivity contribution < 1.29 is 19.3 Å². The number of aryl methyl sites for hydroxylation is 1. The van der Waals surface area contributed by atoms with Crippen LogP contribution in [0.15, 0.2) is 12.1 Å². The predicted octanol–water partition coefficient (Wildman–Crippen LogP) is 1.87. The van der Waals surface area contributed by atoms with Gasteiger partial charge in [-0.1, -0.05) is 6.92 Å². The molecule has 1 N–H and O–H groups in total. The molecule has 0 radical (unpaired) electrons. The highest BCUT2D eigenvalue weighted by molar-refractivity contribution is 5.51. The van der Waals surface area contributed by atoms with Crippen molar-refractivity contribution in [1.29, 1.82) is 0 Å². The minimum Gasteiger partial charge on any atom is -0.490 e. The molecule has 1 aliphatic rings. The summed E-state index contributed by atoms with van der Waals surface area (Å²) in [5.74, 6) is 2.18. The molecule has 0 amide bonds. The fraction of sp³-hybridized carbons (Fsp3) is 0.500. The average molecular weight is 224 g/mol. The Kier molecular flexibility index (Phi) is 3.19. The highest BCUT2D eigenvalue weighted by Gasteiger charge is 2.16. The summed E-state index contributed by atoms with van der Waals surface area (Å²) in [6, 6.07) is 3.69. The number of ether oxygens (including phenoxy) is 3. The van der Waals surface area contributed by atoms with Crippen molar-refractivity contribution in [2.45, 2.75) is 26.4 Å². The van der Waals surface area contributed by atoms with E-state index in [1.54, 1.807) is 6.07 Å². The van der Waals surface area contributed by atoms with Gasteiger partial charge in [-0.3, -0.25) is 0 Å². The molecule has 1 atom stereocenters. The predicted molar refractivity (Wildman–Crippen MR) is 59.1 cm³/mol. The van der Waals surface area contributed by atoms with Gasteiger partial charge >= 0.3 is 0 Å². The van der Waals surface area contributed by atoms with Gasteiger partial charge in [0.15, 0.2) is 11.5 Å². The molecule has 1 aromatic rings. The number of benzene rings is 1. The Labute approximate surface area is 94.8 Å². The second-order valence-electron chi connectivity index (χ2n) is 3.84. The Bertz CT molecular complexity index is 376. The normalized spacial score (nSPS) is 14.9. The number of aliphatic hydroxyl groups is 1.